The molecule has 1 aromatic heterocycles. The van der Waals surface area contributed by atoms with Gasteiger partial charge in [-0.3, -0.25) is 24.2 Å². The zero-order chi connectivity index (χ0) is 23.5. The largest absolute Gasteiger partial charge is 0.379 e. The molecule has 0 saturated carbocycles. The molecule has 2 aromatic rings. The van der Waals surface area contributed by atoms with Gasteiger partial charge < -0.3 is 9.64 Å². The Kier molecular flexibility index (Phi) is 7.21. The summed E-state index contributed by atoms with van der Waals surface area (Å²) in [6.45, 7) is 8.34. The SMILES string of the molecule is CC(C)CC(C(=O)N(C)Cc1csc(CN2CCOCC2)n1)N1C(=O)c2ccccc2C1=O. The summed E-state index contributed by atoms with van der Waals surface area (Å²) in [6, 6.07) is 5.91. The summed E-state index contributed by atoms with van der Waals surface area (Å²) in [5.74, 6) is -0.911. The van der Waals surface area contributed by atoms with Crippen LogP contribution in [0.2, 0.25) is 0 Å². The van der Waals surface area contributed by atoms with Crippen LogP contribution >= 0.6 is 11.3 Å². The van der Waals surface area contributed by atoms with Gasteiger partial charge in [-0.05, 0) is 24.5 Å². The molecule has 0 bridgehead atoms. The Balaban J connectivity index is 1.46. The third-order valence-electron chi connectivity index (χ3n) is 5.95. The van der Waals surface area contributed by atoms with E-state index >= 15 is 0 Å². The summed E-state index contributed by atoms with van der Waals surface area (Å²) >= 11 is 1.58. The van der Waals surface area contributed by atoms with Crippen molar-refractivity contribution in [2.45, 2.75) is 39.4 Å². The molecule has 1 fully saturated rings. The Morgan fingerprint density at radius 1 is 1.15 bits per heavy atom. The Bertz CT molecular complexity index is 996. The van der Waals surface area contributed by atoms with E-state index < -0.39 is 17.9 Å². The summed E-state index contributed by atoms with van der Waals surface area (Å²) in [5, 5.41) is 2.98. The van der Waals surface area contributed by atoms with Crippen LogP contribution in [0.3, 0.4) is 0 Å². The molecule has 2 aliphatic rings. The topological polar surface area (TPSA) is 83.1 Å². The second-order valence-electron chi connectivity index (χ2n) is 8.99. The number of hydrogen-bond donors (Lipinski definition) is 0. The first-order valence-corrected chi connectivity index (χ1v) is 12.2. The van der Waals surface area contributed by atoms with Crippen molar-refractivity contribution >= 4 is 29.1 Å². The fraction of sp³-hybridized carbons (Fsp3) is 0.500. The Morgan fingerprint density at radius 3 is 2.39 bits per heavy atom. The van der Waals surface area contributed by atoms with Crippen molar-refractivity contribution in [3.05, 3.63) is 51.5 Å². The maximum Gasteiger partial charge on any atom is 0.262 e. The third kappa shape index (κ3) is 5.15. The molecule has 4 rings (SSSR count). The number of nitrogens with zero attached hydrogens (tertiary/aromatic N) is 4. The molecule has 9 heteroatoms. The van der Waals surface area contributed by atoms with Crippen molar-refractivity contribution < 1.29 is 19.1 Å². The average molecular weight is 471 g/mol. The lowest BCUT2D eigenvalue weighted by molar-refractivity contribution is -0.135. The molecule has 0 radical (unpaired) electrons. The number of aromatic nitrogens is 1. The van der Waals surface area contributed by atoms with E-state index in [0.717, 1.165) is 48.4 Å². The van der Waals surface area contributed by atoms with Crippen LogP contribution < -0.4 is 0 Å². The maximum atomic E-state index is 13.5. The average Bonchev–Trinajstić information content (AvgIpc) is 3.34. The van der Waals surface area contributed by atoms with Crippen LogP contribution in [0.4, 0.5) is 0 Å². The van der Waals surface area contributed by atoms with E-state index in [1.807, 2.05) is 19.2 Å². The van der Waals surface area contributed by atoms with Gasteiger partial charge in [-0.15, -0.1) is 11.3 Å². The van der Waals surface area contributed by atoms with Gasteiger partial charge in [-0.2, -0.15) is 0 Å². The number of thiazole rings is 1. The van der Waals surface area contributed by atoms with Crippen LogP contribution in [-0.2, 0) is 22.6 Å². The molecule has 1 unspecified atom stereocenters. The summed E-state index contributed by atoms with van der Waals surface area (Å²) < 4.78 is 5.39. The zero-order valence-corrected chi connectivity index (χ0v) is 20.1. The first-order chi connectivity index (χ1) is 15.8. The molecular weight excluding hydrogens is 440 g/mol. The molecule has 0 spiro atoms. The predicted octanol–water partition coefficient (Wildman–Crippen LogP) is 2.64. The van der Waals surface area contributed by atoms with Gasteiger partial charge in [0, 0.05) is 25.5 Å². The van der Waals surface area contributed by atoms with Crippen LogP contribution in [0, 0.1) is 5.92 Å². The van der Waals surface area contributed by atoms with Crippen molar-refractivity contribution in [3.63, 3.8) is 0 Å². The lowest BCUT2D eigenvalue weighted by Crippen LogP contribution is -2.50. The standard InChI is InChI=1S/C24H30N4O4S/c1-16(2)12-20(28-22(29)18-6-4-5-7-19(18)23(28)30)24(31)26(3)13-17-15-33-21(25-17)14-27-8-10-32-11-9-27/h4-7,15-16,20H,8-14H2,1-3H3. The summed E-state index contributed by atoms with van der Waals surface area (Å²) in [6.07, 6.45) is 0.411. The molecule has 1 aromatic carbocycles. The highest BCUT2D eigenvalue weighted by molar-refractivity contribution is 7.09. The highest BCUT2D eigenvalue weighted by Crippen LogP contribution is 2.28. The van der Waals surface area contributed by atoms with E-state index in [9.17, 15) is 14.4 Å². The normalized spacial score (nSPS) is 17.5. The fourth-order valence-electron chi connectivity index (χ4n) is 4.27. The van der Waals surface area contributed by atoms with E-state index in [2.05, 4.69) is 4.90 Å². The molecule has 0 aliphatic carbocycles. The predicted molar refractivity (Wildman–Crippen MR) is 125 cm³/mol. The Labute approximate surface area is 198 Å². The van der Waals surface area contributed by atoms with Gasteiger partial charge in [0.25, 0.3) is 11.8 Å². The van der Waals surface area contributed by atoms with Gasteiger partial charge in [-0.1, -0.05) is 26.0 Å². The Hall–Kier alpha value is -2.62. The van der Waals surface area contributed by atoms with Crippen molar-refractivity contribution in [3.8, 4) is 0 Å². The minimum atomic E-state index is -0.839. The minimum absolute atomic E-state index is 0.135. The summed E-state index contributed by atoms with van der Waals surface area (Å²) in [4.78, 5) is 49.2. The molecule has 1 saturated heterocycles. The number of hydrogen-bond acceptors (Lipinski definition) is 7. The number of imide groups is 1. The second kappa shape index (κ2) is 10.1. The first kappa shape index (κ1) is 23.5. The molecule has 1 atom stereocenters. The van der Waals surface area contributed by atoms with Gasteiger partial charge in [0.05, 0.1) is 43.1 Å². The number of ether oxygens (including phenoxy) is 1. The van der Waals surface area contributed by atoms with Crippen LogP contribution in [0.5, 0.6) is 0 Å². The van der Waals surface area contributed by atoms with E-state index in [1.165, 1.54) is 0 Å². The molecule has 3 heterocycles. The molecule has 2 aliphatic heterocycles. The summed E-state index contributed by atoms with van der Waals surface area (Å²) in [5.41, 5.74) is 1.53. The van der Waals surface area contributed by atoms with Gasteiger partial charge >= 0.3 is 0 Å². The van der Waals surface area contributed by atoms with E-state index in [-0.39, 0.29) is 11.8 Å². The number of rotatable bonds is 8. The number of carbonyl (C=O) groups is 3. The molecular formula is C24H30N4O4S. The highest BCUT2D eigenvalue weighted by Gasteiger charge is 2.43. The number of fused-ring (bicyclic) bond motifs is 1. The quantitative estimate of drug-likeness (QED) is 0.552. The number of likely N-dealkylation sites (N-methyl/N-ethyl adjacent to an activating group) is 1. The maximum absolute atomic E-state index is 13.5. The highest BCUT2D eigenvalue weighted by atomic mass is 32.1. The van der Waals surface area contributed by atoms with Crippen molar-refractivity contribution in [1.29, 1.82) is 0 Å². The van der Waals surface area contributed by atoms with Crippen molar-refractivity contribution in [1.82, 2.24) is 19.7 Å². The van der Waals surface area contributed by atoms with Gasteiger partial charge in [0.1, 0.15) is 11.0 Å². The molecule has 0 N–H and O–H groups in total. The molecule has 3 amide bonds. The Morgan fingerprint density at radius 2 is 1.79 bits per heavy atom. The number of carbonyl (C=O) groups excluding carboxylic acids is 3. The summed E-state index contributed by atoms with van der Waals surface area (Å²) in [7, 11) is 1.70. The van der Waals surface area contributed by atoms with Gasteiger partial charge in [0.2, 0.25) is 5.91 Å². The first-order valence-electron chi connectivity index (χ1n) is 11.3. The monoisotopic (exact) mass is 470 g/mol. The molecule has 176 valence electrons. The second-order valence-corrected chi connectivity index (χ2v) is 9.93. The molecule has 33 heavy (non-hydrogen) atoms. The van der Waals surface area contributed by atoms with Gasteiger partial charge in [-0.25, -0.2) is 4.98 Å². The third-order valence-corrected chi connectivity index (χ3v) is 6.84. The van der Waals surface area contributed by atoms with Crippen molar-refractivity contribution in [2.75, 3.05) is 33.4 Å². The molecule has 8 nitrogen and oxygen atoms in total. The fourth-order valence-corrected chi connectivity index (χ4v) is 5.10. The van der Waals surface area contributed by atoms with E-state index in [1.54, 1.807) is 47.5 Å². The van der Waals surface area contributed by atoms with Crippen LogP contribution in [-0.4, -0.2) is 76.8 Å². The van der Waals surface area contributed by atoms with Gasteiger partial charge in [0.15, 0.2) is 0 Å². The van der Waals surface area contributed by atoms with Crippen LogP contribution in [0.1, 0.15) is 51.7 Å². The number of amides is 3. The number of benzene rings is 1. The smallest absolute Gasteiger partial charge is 0.262 e. The minimum Gasteiger partial charge on any atom is -0.379 e. The van der Waals surface area contributed by atoms with E-state index in [0.29, 0.717) is 24.1 Å². The lowest BCUT2D eigenvalue weighted by Gasteiger charge is -2.30. The lowest BCUT2D eigenvalue weighted by atomic mass is 10.0. The van der Waals surface area contributed by atoms with Crippen LogP contribution in [0.25, 0.3) is 0 Å². The van der Waals surface area contributed by atoms with Crippen molar-refractivity contribution in [2.24, 2.45) is 5.92 Å². The zero-order valence-electron chi connectivity index (χ0n) is 19.3. The number of morpholine rings is 1. The van der Waals surface area contributed by atoms with Crippen LogP contribution in [0.15, 0.2) is 29.6 Å². The van der Waals surface area contributed by atoms with E-state index in [4.69, 9.17) is 9.72 Å².